The number of cyclic esters (lactones) is 1. The molecule has 41 heavy (non-hydrogen) atoms. The SMILES string of the molecule is C[C@H](CF)C1CCC(C(=O)N2CC[C@@H](c3ccccc3)[C@H]2C(=O)Cc2ccc3c(c2)cc2n3C(C)(C)OC2=O)CC1. The Labute approximate surface area is 240 Å². The quantitative estimate of drug-likeness (QED) is 0.314. The molecule has 216 valence electrons. The van der Waals surface area contributed by atoms with E-state index >= 15 is 0 Å². The summed E-state index contributed by atoms with van der Waals surface area (Å²) in [4.78, 5) is 42.2. The van der Waals surface area contributed by atoms with Gasteiger partial charge < -0.3 is 9.64 Å². The molecule has 2 fully saturated rings. The minimum absolute atomic E-state index is 0.0330. The van der Waals surface area contributed by atoms with E-state index in [1.165, 1.54) is 0 Å². The van der Waals surface area contributed by atoms with Crippen LogP contribution in [0.1, 0.15) is 80.4 Å². The predicted molar refractivity (Wildman–Crippen MR) is 155 cm³/mol. The highest BCUT2D eigenvalue weighted by molar-refractivity contribution is 5.99. The minimum Gasteiger partial charge on any atom is -0.434 e. The van der Waals surface area contributed by atoms with Gasteiger partial charge in [0.15, 0.2) is 11.5 Å². The topological polar surface area (TPSA) is 68.6 Å². The number of alkyl halides is 1. The number of hydrogen-bond donors (Lipinski definition) is 0. The fourth-order valence-electron chi connectivity index (χ4n) is 7.52. The van der Waals surface area contributed by atoms with Gasteiger partial charge in [-0.3, -0.25) is 18.5 Å². The highest BCUT2D eigenvalue weighted by Crippen LogP contribution is 2.40. The van der Waals surface area contributed by atoms with Crippen molar-refractivity contribution in [3.8, 4) is 0 Å². The van der Waals surface area contributed by atoms with Crippen molar-refractivity contribution in [1.82, 2.24) is 9.47 Å². The van der Waals surface area contributed by atoms with E-state index in [2.05, 4.69) is 12.1 Å². The van der Waals surface area contributed by atoms with Crippen LogP contribution in [0, 0.1) is 17.8 Å². The standard InChI is InChI=1S/C34H39FN2O4/c1-21(20-35)23-10-12-25(13-11-23)32(39)36-16-15-27(24-7-5-4-6-8-24)31(36)30(38)18-22-9-14-28-26(17-22)19-29-33(40)41-34(2,3)37(28)29/h4-9,14,17,19,21,23,25,27,31H,10-13,15-16,18,20H2,1-3H3/t21-,23?,25?,27+,31+/m1/s1. The second-order valence-electron chi connectivity index (χ2n) is 12.8. The van der Waals surface area contributed by atoms with E-state index in [-0.39, 0.29) is 48.5 Å². The van der Waals surface area contributed by atoms with Crippen molar-refractivity contribution in [2.75, 3.05) is 13.2 Å². The second-order valence-corrected chi connectivity index (χ2v) is 12.8. The lowest BCUT2D eigenvalue weighted by Crippen LogP contribution is -2.46. The molecule has 1 aliphatic carbocycles. The smallest absolute Gasteiger partial charge is 0.357 e. The van der Waals surface area contributed by atoms with Crippen molar-refractivity contribution in [1.29, 1.82) is 0 Å². The number of carbonyl (C=O) groups excluding carboxylic acids is 3. The molecule has 2 aromatic carbocycles. The van der Waals surface area contributed by atoms with Gasteiger partial charge in [0, 0.05) is 30.2 Å². The van der Waals surface area contributed by atoms with Crippen molar-refractivity contribution in [2.24, 2.45) is 17.8 Å². The lowest BCUT2D eigenvalue weighted by atomic mass is 9.76. The van der Waals surface area contributed by atoms with Gasteiger partial charge in [0.1, 0.15) is 5.69 Å². The predicted octanol–water partition coefficient (Wildman–Crippen LogP) is 6.41. The van der Waals surface area contributed by atoms with Crippen LogP contribution in [-0.2, 0) is 26.5 Å². The van der Waals surface area contributed by atoms with E-state index in [0.29, 0.717) is 18.2 Å². The summed E-state index contributed by atoms with van der Waals surface area (Å²) in [5.41, 5.74) is 2.60. The van der Waals surface area contributed by atoms with Crippen molar-refractivity contribution in [3.05, 3.63) is 71.4 Å². The van der Waals surface area contributed by atoms with Crippen molar-refractivity contribution < 1.29 is 23.5 Å². The molecule has 1 saturated carbocycles. The summed E-state index contributed by atoms with van der Waals surface area (Å²) < 4.78 is 20.7. The number of aromatic nitrogens is 1. The molecule has 3 atom stereocenters. The van der Waals surface area contributed by atoms with E-state index in [1.54, 1.807) is 0 Å². The van der Waals surface area contributed by atoms with Crippen LogP contribution in [0.15, 0.2) is 54.6 Å². The Morgan fingerprint density at radius 1 is 1.02 bits per heavy atom. The zero-order chi connectivity index (χ0) is 28.9. The van der Waals surface area contributed by atoms with Gasteiger partial charge in [-0.1, -0.05) is 43.3 Å². The number of carbonyl (C=O) groups is 3. The molecule has 1 amide bonds. The fourth-order valence-corrected chi connectivity index (χ4v) is 7.52. The number of Topliss-reactive ketones (excluding diaryl/α,β-unsaturated/α-hetero) is 1. The van der Waals surface area contributed by atoms with Crippen LogP contribution in [-0.4, -0.2) is 46.4 Å². The molecule has 2 aliphatic heterocycles. The summed E-state index contributed by atoms with van der Waals surface area (Å²) in [5.74, 6) is -0.0219. The zero-order valence-electron chi connectivity index (χ0n) is 24.1. The molecule has 0 bridgehead atoms. The van der Waals surface area contributed by atoms with Crippen molar-refractivity contribution in [3.63, 3.8) is 0 Å². The van der Waals surface area contributed by atoms with Crippen LogP contribution in [0.4, 0.5) is 4.39 Å². The number of fused-ring (bicyclic) bond motifs is 3. The van der Waals surface area contributed by atoms with Crippen LogP contribution in [0.3, 0.4) is 0 Å². The summed E-state index contributed by atoms with van der Waals surface area (Å²) in [7, 11) is 0. The van der Waals surface area contributed by atoms with Gasteiger partial charge in [0.2, 0.25) is 5.91 Å². The number of hydrogen-bond acceptors (Lipinski definition) is 4. The molecule has 0 spiro atoms. The number of likely N-dealkylation sites (tertiary alicyclic amines) is 1. The van der Waals surface area contributed by atoms with Gasteiger partial charge in [0.05, 0.1) is 18.2 Å². The first-order valence-electron chi connectivity index (χ1n) is 15.0. The van der Waals surface area contributed by atoms with E-state index in [4.69, 9.17) is 4.74 Å². The third-order valence-electron chi connectivity index (χ3n) is 9.74. The minimum atomic E-state index is -0.762. The molecule has 3 aromatic rings. The normalized spacial score (nSPS) is 26.1. The zero-order valence-corrected chi connectivity index (χ0v) is 24.1. The largest absolute Gasteiger partial charge is 0.434 e. The first kappa shape index (κ1) is 27.7. The summed E-state index contributed by atoms with van der Waals surface area (Å²) in [6.07, 6.45) is 4.21. The maximum absolute atomic E-state index is 14.1. The molecule has 0 N–H and O–H groups in total. The first-order chi connectivity index (χ1) is 19.7. The van der Waals surface area contributed by atoms with Crippen LogP contribution >= 0.6 is 0 Å². The lowest BCUT2D eigenvalue weighted by molar-refractivity contribution is -0.142. The number of nitrogens with zero attached hydrogens (tertiary/aromatic N) is 2. The number of halogens is 1. The van der Waals surface area contributed by atoms with Gasteiger partial charge in [-0.25, -0.2) is 4.79 Å². The van der Waals surface area contributed by atoms with E-state index < -0.39 is 11.8 Å². The molecule has 1 aromatic heterocycles. The molecule has 1 saturated heterocycles. The third-order valence-corrected chi connectivity index (χ3v) is 9.74. The number of esters is 1. The van der Waals surface area contributed by atoms with Gasteiger partial charge in [-0.05, 0) is 87.1 Å². The maximum atomic E-state index is 14.1. The molecule has 0 unspecified atom stereocenters. The highest BCUT2D eigenvalue weighted by Gasteiger charge is 2.44. The Kier molecular flexibility index (Phi) is 7.25. The fraction of sp³-hybridized carbons (Fsp3) is 0.500. The number of ether oxygens (including phenoxy) is 1. The summed E-state index contributed by atoms with van der Waals surface area (Å²) in [6, 6.07) is 17.2. The van der Waals surface area contributed by atoms with Crippen molar-refractivity contribution in [2.45, 2.75) is 77.0 Å². The number of benzene rings is 2. The number of ketones is 1. The molecule has 0 radical (unpaired) electrons. The third kappa shape index (κ3) is 4.98. The van der Waals surface area contributed by atoms with Crippen LogP contribution in [0.2, 0.25) is 0 Å². The second kappa shape index (κ2) is 10.7. The Morgan fingerprint density at radius 2 is 1.76 bits per heavy atom. The Morgan fingerprint density at radius 3 is 2.46 bits per heavy atom. The van der Waals surface area contributed by atoms with Crippen LogP contribution in [0.5, 0.6) is 0 Å². The highest BCUT2D eigenvalue weighted by atomic mass is 19.1. The van der Waals surface area contributed by atoms with Gasteiger partial charge in [-0.15, -0.1) is 0 Å². The molecular weight excluding hydrogens is 519 g/mol. The lowest BCUT2D eigenvalue weighted by Gasteiger charge is -2.35. The van der Waals surface area contributed by atoms with Gasteiger partial charge in [0.25, 0.3) is 0 Å². The number of rotatable bonds is 7. The monoisotopic (exact) mass is 558 g/mol. The van der Waals surface area contributed by atoms with Gasteiger partial charge >= 0.3 is 5.97 Å². The van der Waals surface area contributed by atoms with Gasteiger partial charge in [-0.2, -0.15) is 0 Å². The van der Waals surface area contributed by atoms with Crippen LogP contribution < -0.4 is 0 Å². The maximum Gasteiger partial charge on any atom is 0.357 e. The molecule has 7 heteroatoms. The Bertz CT molecular complexity index is 1470. The summed E-state index contributed by atoms with van der Waals surface area (Å²) in [6.45, 7) is 5.93. The van der Waals surface area contributed by atoms with Crippen LogP contribution in [0.25, 0.3) is 10.9 Å². The molecule has 3 heterocycles. The average Bonchev–Trinajstić information content (AvgIpc) is 3.65. The first-order valence-corrected chi connectivity index (χ1v) is 15.0. The molecule has 6 rings (SSSR count). The van der Waals surface area contributed by atoms with Crippen molar-refractivity contribution >= 4 is 28.6 Å². The van der Waals surface area contributed by atoms with E-state index in [1.807, 2.05) is 72.7 Å². The van der Waals surface area contributed by atoms with E-state index in [0.717, 1.165) is 54.1 Å². The Hall–Kier alpha value is -3.48. The molecular formula is C34H39FN2O4. The summed E-state index contributed by atoms with van der Waals surface area (Å²) in [5, 5.41) is 0.897. The average molecular weight is 559 g/mol. The molecule has 6 nitrogen and oxygen atoms in total. The molecule has 3 aliphatic rings. The number of amides is 1. The summed E-state index contributed by atoms with van der Waals surface area (Å²) >= 11 is 0. The Balaban J connectivity index is 1.25. The van der Waals surface area contributed by atoms with E-state index in [9.17, 15) is 18.8 Å².